The Balaban J connectivity index is 1.83. The number of nitrogens with one attached hydrogen (secondary N) is 1. The number of hydrogen-bond acceptors (Lipinski definition) is 5. The van der Waals surface area contributed by atoms with Crippen molar-refractivity contribution in [3.63, 3.8) is 0 Å². The summed E-state index contributed by atoms with van der Waals surface area (Å²) in [4.78, 5) is 6.38. The van der Waals surface area contributed by atoms with Crippen LogP contribution < -0.4 is 9.62 Å². The molecule has 7 nitrogen and oxygen atoms in total. The summed E-state index contributed by atoms with van der Waals surface area (Å²) in [7, 11) is -3.17. The molecule has 2 aromatic heterocycles. The summed E-state index contributed by atoms with van der Waals surface area (Å²) < 4.78 is 27.2. The van der Waals surface area contributed by atoms with Crippen LogP contribution in [-0.2, 0) is 14.6 Å². The van der Waals surface area contributed by atoms with E-state index < -0.39 is 10.4 Å². The molecule has 0 aliphatic carbocycles. The molecule has 0 radical (unpaired) electrons. The van der Waals surface area contributed by atoms with Crippen molar-refractivity contribution in [1.82, 2.24) is 19.3 Å². The van der Waals surface area contributed by atoms with E-state index in [-0.39, 0.29) is 6.04 Å². The molecule has 0 spiro atoms. The maximum Gasteiger partial charge on any atom is 0.157 e. The van der Waals surface area contributed by atoms with Crippen molar-refractivity contribution >= 4 is 21.9 Å². The molecule has 8 heteroatoms. The van der Waals surface area contributed by atoms with E-state index in [9.17, 15) is 8.76 Å². The molecule has 0 amide bonds. The first-order chi connectivity index (χ1) is 9.53. The van der Waals surface area contributed by atoms with Gasteiger partial charge in [0.15, 0.2) is 5.65 Å². The lowest BCUT2D eigenvalue weighted by Gasteiger charge is -2.34. The van der Waals surface area contributed by atoms with Crippen molar-refractivity contribution < 1.29 is 8.76 Å². The quantitative estimate of drug-likeness (QED) is 0.832. The van der Waals surface area contributed by atoms with Gasteiger partial charge in [0.2, 0.25) is 0 Å². The molecule has 0 aromatic carbocycles. The van der Waals surface area contributed by atoms with Crippen LogP contribution in [0.3, 0.4) is 0 Å². The number of hydrogen-bond donors (Lipinski definition) is 1. The van der Waals surface area contributed by atoms with E-state index >= 15 is 0 Å². The van der Waals surface area contributed by atoms with Crippen molar-refractivity contribution in [3.05, 3.63) is 24.5 Å². The molecular weight excluding hydrogens is 278 g/mol. The molecule has 2 unspecified atom stereocenters. The number of rotatable bonds is 3. The van der Waals surface area contributed by atoms with E-state index in [0.29, 0.717) is 6.54 Å². The first kappa shape index (κ1) is 13.5. The smallest absolute Gasteiger partial charge is 0.157 e. The number of anilines is 1. The first-order valence-corrected chi connectivity index (χ1v) is 8.43. The first-order valence-electron chi connectivity index (χ1n) is 6.54. The molecule has 1 saturated heterocycles. The number of sulfonamides is 1. The monoisotopic (exact) mass is 295 g/mol. The highest BCUT2D eigenvalue weighted by atomic mass is 32.3. The lowest BCUT2D eigenvalue weighted by Crippen LogP contribution is -2.49. The summed E-state index contributed by atoms with van der Waals surface area (Å²) >= 11 is 0. The van der Waals surface area contributed by atoms with Gasteiger partial charge >= 0.3 is 0 Å². The predicted octanol–water partition coefficient (Wildman–Crippen LogP) is 0.462. The van der Waals surface area contributed by atoms with E-state index in [1.54, 1.807) is 16.9 Å². The lowest BCUT2D eigenvalue weighted by atomic mass is 10.1. The van der Waals surface area contributed by atoms with Crippen LogP contribution in [0, 0.1) is 0 Å². The Bertz CT molecular complexity index is 652. The van der Waals surface area contributed by atoms with Gasteiger partial charge in [-0.25, -0.2) is 4.98 Å². The van der Waals surface area contributed by atoms with Gasteiger partial charge in [-0.3, -0.25) is 0 Å². The molecule has 1 aliphatic rings. The predicted molar refractivity (Wildman–Crippen MR) is 76.1 cm³/mol. The molecule has 2 aromatic rings. The highest BCUT2D eigenvalue weighted by Gasteiger charge is 2.25. The summed E-state index contributed by atoms with van der Waals surface area (Å²) in [5, 5.41) is 4.27. The zero-order valence-electron chi connectivity index (χ0n) is 11.2. The Hall–Kier alpha value is -1.51. The Morgan fingerprint density at radius 1 is 1.45 bits per heavy atom. The number of nitrogens with zero attached hydrogens (tertiary/aromatic N) is 4. The van der Waals surface area contributed by atoms with Gasteiger partial charge in [0.05, 0.1) is 12.2 Å². The number of piperidine rings is 1. The molecule has 3 rings (SSSR count). The zero-order chi connectivity index (χ0) is 14.2. The molecule has 1 N–H and O–H groups in total. The van der Waals surface area contributed by atoms with Crippen LogP contribution in [0.1, 0.15) is 12.8 Å². The second kappa shape index (κ2) is 5.12. The lowest BCUT2D eigenvalue weighted by molar-refractivity contribution is 0.425. The van der Waals surface area contributed by atoms with Crippen molar-refractivity contribution in [2.75, 3.05) is 24.2 Å². The second-order valence-electron chi connectivity index (χ2n) is 5.08. The molecule has 3 heterocycles. The number of fused-ring (bicyclic) bond motifs is 1. The Labute approximate surface area is 118 Å². The van der Waals surface area contributed by atoms with E-state index in [0.717, 1.165) is 30.9 Å². The minimum atomic E-state index is -3.17. The minimum Gasteiger partial charge on any atom is -0.598 e. The summed E-state index contributed by atoms with van der Waals surface area (Å²) in [6, 6.07) is 3.69. The van der Waals surface area contributed by atoms with Gasteiger partial charge in [0.25, 0.3) is 0 Å². The molecule has 1 fully saturated rings. The third kappa shape index (κ3) is 2.82. The fraction of sp³-hybridized carbons (Fsp3) is 0.500. The fourth-order valence-electron chi connectivity index (χ4n) is 2.65. The zero-order valence-corrected chi connectivity index (χ0v) is 12.0. The summed E-state index contributed by atoms with van der Waals surface area (Å²) in [5.74, 6) is 0.944. The molecule has 2 atom stereocenters. The standard InChI is InChI=1S/C12H17N5O2S/c1-20(18,19)15-10-3-2-8-16(9-10)12-5-6-13-11-4-7-14-17(11)12/h4-7,10H,2-3,8-9H2,1H3,(H-,15,18,19). The average Bonchev–Trinajstić information content (AvgIpc) is 2.85. The van der Waals surface area contributed by atoms with E-state index in [4.69, 9.17) is 0 Å². The van der Waals surface area contributed by atoms with Gasteiger partial charge in [-0.05, 0) is 18.9 Å². The maximum atomic E-state index is 11.4. The fourth-order valence-corrected chi connectivity index (χ4v) is 3.44. The molecule has 0 saturated carbocycles. The van der Waals surface area contributed by atoms with Crippen LogP contribution in [0.15, 0.2) is 24.5 Å². The molecule has 108 valence electrons. The van der Waals surface area contributed by atoms with E-state index in [1.807, 2.05) is 12.1 Å². The molecule has 20 heavy (non-hydrogen) atoms. The van der Waals surface area contributed by atoms with E-state index in [2.05, 4.69) is 19.7 Å². The summed E-state index contributed by atoms with van der Waals surface area (Å²) in [5.41, 5.74) is 0.792. The van der Waals surface area contributed by atoms with Crippen LogP contribution in [-0.4, -0.2) is 44.5 Å². The van der Waals surface area contributed by atoms with Crippen molar-refractivity contribution in [3.8, 4) is 0 Å². The maximum absolute atomic E-state index is 11.4. The largest absolute Gasteiger partial charge is 0.598 e. The Kier molecular flexibility index (Phi) is 3.45. The summed E-state index contributed by atoms with van der Waals surface area (Å²) in [6.45, 7) is 1.53. The van der Waals surface area contributed by atoms with Crippen LogP contribution >= 0.6 is 0 Å². The van der Waals surface area contributed by atoms with Gasteiger partial charge in [-0.2, -0.15) is 9.61 Å². The average molecular weight is 295 g/mol. The van der Waals surface area contributed by atoms with E-state index in [1.165, 1.54) is 6.26 Å². The molecular formula is C12H17N5O2S. The highest BCUT2D eigenvalue weighted by molar-refractivity contribution is 7.95. The van der Waals surface area contributed by atoms with Gasteiger partial charge in [-0.1, -0.05) is 4.21 Å². The minimum absolute atomic E-state index is 0.0578. The van der Waals surface area contributed by atoms with Crippen molar-refractivity contribution in [2.45, 2.75) is 18.9 Å². The van der Waals surface area contributed by atoms with Crippen molar-refractivity contribution in [1.29, 1.82) is 0 Å². The van der Waals surface area contributed by atoms with Gasteiger partial charge < -0.3 is 9.45 Å². The highest BCUT2D eigenvalue weighted by Crippen LogP contribution is 2.20. The molecule has 0 bridgehead atoms. The van der Waals surface area contributed by atoms with Crippen molar-refractivity contribution in [2.24, 2.45) is 0 Å². The van der Waals surface area contributed by atoms with Crippen LogP contribution in [0.2, 0.25) is 0 Å². The second-order valence-corrected chi connectivity index (χ2v) is 6.86. The van der Waals surface area contributed by atoms with Gasteiger partial charge in [0.1, 0.15) is 22.5 Å². The van der Waals surface area contributed by atoms with Gasteiger partial charge in [0, 0.05) is 25.4 Å². The third-order valence-corrected chi connectivity index (χ3v) is 4.16. The normalized spacial score (nSPS) is 22.9. The SMILES string of the molecule is C[S+](=O)([O-])NC1CCCN(c2ccnc3ccnn23)C1. The summed E-state index contributed by atoms with van der Waals surface area (Å²) in [6.07, 6.45) is 6.46. The number of aromatic nitrogens is 3. The van der Waals surface area contributed by atoms with Gasteiger partial charge in [-0.15, -0.1) is 4.72 Å². The van der Waals surface area contributed by atoms with Crippen LogP contribution in [0.4, 0.5) is 5.82 Å². The third-order valence-electron chi connectivity index (χ3n) is 3.40. The van der Waals surface area contributed by atoms with Crippen LogP contribution in [0.5, 0.6) is 0 Å². The molecule has 1 aliphatic heterocycles. The Morgan fingerprint density at radius 3 is 3.10 bits per heavy atom. The topological polar surface area (TPSA) is 85.6 Å². The Morgan fingerprint density at radius 2 is 2.30 bits per heavy atom. The van der Waals surface area contributed by atoms with Crippen LogP contribution in [0.25, 0.3) is 5.65 Å².